The molecule has 3 atom stereocenters. The highest BCUT2D eigenvalue weighted by atomic mass is 16.5. The minimum Gasteiger partial charge on any atom is -0.490 e. The number of nitrogens with two attached hydrogens (primary N) is 1. The fourth-order valence-corrected chi connectivity index (χ4v) is 4.75. The van der Waals surface area contributed by atoms with E-state index in [1.807, 2.05) is 63.2 Å². The summed E-state index contributed by atoms with van der Waals surface area (Å²) in [6, 6.07) is 24.1. The van der Waals surface area contributed by atoms with Gasteiger partial charge < -0.3 is 31.5 Å². The molecule has 11 nitrogen and oxygen atoms in total. The summed E-state index contributed by atoms with van der Waals surface area (Å²) in [6.07, 6.45) is -1.53. The number of fused-ring (bicyclic) bond motifs is 1. The highest BCUT2D eigenvalue weighted by Gasteiger charge is 2.30. The van der Waals surface area contributed by atoms with Crippen LogP contribution in [0.15, 0.2) is 91.0 Å². The van der Waals surface area contributed by atoms with Crippen molar-refractivity contribution in [3.05, 3.63) is 108 Å². The number of hydrogen-bond acceptors (Lipinski definition) is 7. The number of aliphatic hydroxyl groups is 1. The van der Waals surface area contributed by atoms with Crippen LogP contribution in [-0.2, 0) is 16.0 Å². The average molecular weight is 626 g/mol. The summed E-state index contributed by atoms with van der Waals surface area (Å²) in [4.78, 5) is 55.8. The van der Waals surface area contributed by atoms with Crippen molar-refractivity contribution in [2.24, 2.45) is 5.73 Å². The second-order valence-electron chi connectivity index (χ2n) is 12.0. The van der Waals surface area contributed by atoms with E-state index in [4.69, 9.17) is 10.5 Å². The number of aromatic nitrogens is 1. The molecule has 11 heteroatoms. The van der Waals surface area contributed by atoms with Gasteiger partial charge in [-0.1, -0.05) is 66.7 Å². The van der Waals surface area contributed by atoms with Gasteiger partial charge in [-0.3, -0.25) is 19.2 Å². The molecule has 0 unspecified atom stereocenters. The van der Waals surface area contributed by atoms with Crippen molar-refractivity contribution >= 4 is 34.5 Å². The van der Waals surface area contributed by atoms with Gasteiger partial charge in [0, 0.05) is 10.9 Å². The molecule has 4 amide bonds. The van der Waals surface area contributed by atoms with Crippen LogP contribution in [-0.4, -0.2) is 64.1 Å². The van der Waals surface area contributed by atoms with Gasteiger partial charge in [0.15, 0.2) is 0 Å². The molecular formula is C35H39N5O6. The first kappa shape index (κ1) is 33.6. The predicted molar refractivity (Wildman–Crippen MR) is 174 cm³/mol. The average Bonchev–Trinajstić information content (AvgIpc) is 3.02. The first-order chi connectivity index (χ1) is 21.9. The maximum atomic E-state index is 13.6. The lowest BCUT2D eigenvalue weighted by atomic mass is 10.0. The van der Waals surface area contributed by atoms with E-state index in [2.05, 4.69) is 20.9 Å². The van der Waals surface area contributed by atoms with Gasteiger partial charge >= 0.3 is 0 Å². The van der Waals surface area contributed by atoms with Gasteiger partial charge in [-0.25, -0.2) is 4.98 Å². The Kier molecular flexibility index (Phi) is 11.1. The lowest BCUT2D eigenvalue weighted by Crippen LogP contribution is -2.55. The van der Waals surface area contributed by atoms with E-state index in [0.29, 0.717) is 11.1 Å². The van der Waals surface area contributed by atoms with E-state index in [0.717, 1.165) is 10.9 Å². The van der Waals surface area contributed by atoms with E-state index in [9.17, 15) is 24.3 Å². The second kappa shape index (κ2) is 15.1. The van der Waals surface area contributed by atoms with Crippen LogP contribution in [0.4, 0.5) is 0 Å². The minimum absolute atomic E-state index is 0.0596. The highest BCUT2D eigenvalue weighted by molar-refractivity contribution is 5.99. The maximum Gasteiger partial charge on any atom is 0.270 e. The second-order valence-corrected chi connectivity index (χ2v) is 12.0. The van der Waals surface area contributed by atoms with Gasteiger partial charge in [0.05, 0.1) is 23.5 Å². The number of hydrogen-bond donors (Lipinski definition) is 5. The maximum absolute atomic E-state index is 13.6. The van der Waals surface area contributed by atoms with Crippen molar-refractivity contribution in [2.75, 3.05) is 6.61 Å². The Labute approximate surface area is 267 Å². The fourth-order valence-electron chi connectivity index (χ4n) is 4.75. The van der Waals surface area contributed by atoms with Crippen molar-refractivity contribution in [2.45, 2.75) is 57.3 Å². The van der Waals surface area contributed by atoms with Crippen molar-refractivity contribution in [1.82, 2.24) is 20.9 Å². The lowest BCUT2D eigenvalue weighted by molar-refractivity contribution is -0.128. The van der Waals surface area contributed by atoms with E-state index < -0.39 is 47.9 Å². The van der Waals surface area contributed by atoms with E-state index in [-0.39, 0.29) is 30.4 Å². The molecule has 1 aromatic heterocycles. The molecule has 3 aromatic carbocycles. The Balaban J connectivity index is 1.51. The van der Waals surface area contributed by atoms with Crippen LogP contribution in [0.5, 0.6) is 5.75 Å². The number of para-hydroxylation sites is 2. The quantitative estimate of drug-likeness (QED) is 0.152. The van der Waals surface area contributed by atoms with Crippen LogP contribution in [0.3, 0.4) is 0 Å². The Morgan fingerprint density at radius 3 is 2.24 bits per heavy atom. The molecule has 0 aliphatic rings. The summed E-state index contributed by atoms with van der Waals surface area (Å²) in [7, 11) is 0. The number of nitrogens with zero attached hydrogens (tertiary/aromatic N) is 1. The number of primary amides is 1. The topological polar surface area (TPSA) is 173 Å². The van der Waals surface area contributed by atoms with Crippen LogP contribution >= 0.6 is 0 Å². The Bertz CT molecular complexity index is 1690. The molecule has 0 saturated carbocycles. The molecule has 1 heterocycles. The number of rotatable bonds is 13. The summed E-state index contributed by atoms with van der Waals surface area (Å²) < 4.78 is 5.90. The van der Waals surface area contributed by atoms with Gasteiger partial charge in [0.1, 0.15) is 30.2 Å². The number of aliphatic hydroxyl groups excluding tert-OH is 1. The normalized spacial score (nSPS) is 13.2. The number of amides is 4. The Morgan fingerprint density at radius 2 is 1.52 bits per heavy atom. The monoisotopic (exact) mass is 625 g/mol. The lowest BCUT2D eigenvalue weighted by Gasteiger charge is -2.27. The van der Waals surface area contributed by atoms with Crippen molar-refractivity contribution in [3.63, 3.8) is 0 Å². The number of nitrogens with one attached hydrogen (secondary N) is 3. The summed E-state index contributed by atoms with van der Waals surface area (Å²) in [5, 5.41) is 20.4. The third-order valence-corrected chi connectivity index (χ3v) is 6.98. The predicted octanol–water partition coefficient (Wildman–Crippen LogP) is 2.90. The smallest absolute Gasteiger partial charge is 0.270 e. The summed E-state index contributed by atoms with van der Waals surface area (Å²) >= 11 is 0. The van der Waals surface area contributed by atoms with Crippen LogP contribution < -0.4 is 26.4 Å². The number of ether oxygens (including phenoxy) is 1. The molecule has 0 spiro atoms. The number of benzene rings is 3. The van der Waals surface area contributed by atoms with Crippen LogP contribution in [0.25, 0.3) is 10.9 Å². The largest absolute Gasteiger partial charge is 0.490 e. The highest BCUT2D eigenvalue weighted by Crippen LogP contribution is 2.20. The van der Waals surface area contributed by atoms with Crippen LogP contribution in [0.1, 0.15) is 53.6 Å². The number of carbonyl (C=O) groups is 4. The van der Waals surface area contributed by atoms with Crippen molar-refractivity contribution < 1.29 is 29.0 Å². The molecule has 4 rings (SSSR count). The molecule has 0 aliphatic heterocycles. The number of carbonyl (C=O) groups excluding carboxylic acids is 4. The van der Waals surface area contributed by atoms with Gasteiger partial charge in [0.25, 0.3) is 11.8 Å². The molecule has 0 radical (unpaired) electrons. The molecule has 0 saturated heterocycles. The first-order valence-electron chi connectivity index (χ1n) is 14.9. The van der Waals surface area contributed by atoms with Crippen molar-refractivity contribution in [1.29, 1.82) is 0 Å². The first-order valence-corrected chi connectivity index (χ1v) is 14.9. The van der Waals surface area contributed by atoms with Crippen LogP contribution in [0.2, 0.25) is 0 Å². The zero-order valence-corrected chi connectivity index (χ0v) is 26.0. The number of pyridine rings is 1. The molecule has 240 valence electrons. The van der Waals surface area contributed by atoms with E-state index in [1.54, 1.807) is 42.5 Å². The van der Waals surface area contributed by atoms with E-state index in [1.165, 1.54) is 6.07 Å². The Hall–Kier alpha value is -5.29. The van der Waals surface area contributed by atoms with Gasteiger partial charge in [-0.2, -0.15) is 0 Å². The SMILES string of the molecule is CC(C)(C)NC(=O)c1ccccc1OC[C@@H](O)[C@H](Cc1ccccc1)NC(=O)[C@H](CC(N)=O)NC(=O)c1ccc2ccccc2n1. The fraction of sp³-hybridized carbons (Fsp3) is 0.286. The zero-order valence-electron chi connectivity index (χ0n) is 26.0. The molecule has 46 heavy (non-hydrogen) atoms. The summed E-state index contributed by atoms with van der Waals surface area (Å²) in [5.41, 5.74) is 6.71. The third kappa shape index (κ3) is 9.60. The molecular weight excluding hydrogens is 586 g/mol. The standard InChI is InChI=1S/C35H39N5O6/c1-35(2,3)40-32(43)24-14-8-10-16-30(24)46-21-29(41)27(19-22-11-5-4-6-12-22)38-34(45)28(20-31(36)42)39-33(44)26-18-17-23-13-7-9-15-25(23)37-26/h4-18,27-29,41H,19-21H2,1-3H3,(H2,36,42)(H,38,45)(H,39,44)(H,40,43)/t27-,28-,29+/m0/s1. The summed E-state index contributed by atoms with van der Waals surface area (Å²) in [6.45, 7) is 5.31. The van der Waals surface area contributed by atoms with Gasteiger partial charge in [-0.05, 0) is 57.0 Å². The zero-order chi connectivity index (χ0) is 33.3. The summed E-state index contributed by atoms with van der Waals surface area (Å²) in [5.74, 6) is -2.27. The van der Waals surface area contributed by atoms with Crippen molar-refractivity contribution in [3.8, 4) is 5.75 Å². The molecule has 0 aliphatic carbocycles. The molecule has 6 N–H and O–H groups in total. The molecule has 0 bridgehead atoms. The van der Waals surface area contributed by atoms with Gasteiger partial charge in [-0.15, -0.1) is 0 Å². The molecule has 0 fully saturated rings. The van der Waals surface area contributed by atoms with Crippen LogP contribution in [0, 0.1) is 0 Å². The minimum atomic E-state index is -1.34. The Morgan fingerprint density at radius 1 is 0.848 bits per heavy atom. The third-order valence-electron chi connectivity index (χ3n) is 6.98. The molecule has 4 aromatic rings. The van der Waals surface area contributed by atoms with Gasteiger partial charge in [0.2, 0.25) is 11.8 Å². The van der Waals surface area contributed by atoms with E-state index >= 15 is 0 Å².